The van der Waals surface area contributed by atoms with Crippen LogP contribution in [-0.4, -0.2) is 41.0 Å². The highest BCUT2D eigenvalue weighted by Crippen LogP contribution is 2.19. The number of benzene rings is 2. The summed E-state index contributed by atoms with van der Waals surface area (Å²) in [5.41, 5.74) is 1.75. The number of hydrogen-bond acceptors (Lipinski definition) is 4. The van der Waals surface area contributed by atoms with Crippen molar-refractivity contribution in [2.75, 3.05) is 18.4 Å². The Morgan fingerprint density at radius 2 is 1.85 bits per heavy atom. The second-order valence-electron chi connectivity index (χ2n) is 6.31. The van der Waals surface area contributed by atoms with Gasteiger partial charge in [-0.25, -0.2) is 0 Å². The first-order valence-corrected chi connectivity index (χ1v) is 8.65. The third kappa shape index (κ3) is 4.83. The third-order valence-electron chi connectivity index (χ3n) is 4.38. The first-order chi connectivity index (χ1) is 12.6. The molecule has 2 N–H and O–H groups in total. The average Bonchev–Trinajstić information content (AvgIpc) is 3.10. The molecule has 1 aliphatic rings. The number of aliphatic carboxylic acids is 1. The van der Waals surface area contributed by atoms with E-state index in [1.54, 1.807) is 29.2 Å². The molecule has 0 unspecified atom stereocenters. The number of rotatable bonds is 7. The Labute approximate surface area is 152 Å². The predicted octanol–water partition coefficient (Wildman–Crippen LogP) is 2.75. The zero-order chi connectivity index (χ0) is 18.4. The van der Waals surface area contributed by atoms with E-state index >= 15 is 0 Å². The molecule has 2 aromatic rings. The number of carbonyl (C=O) groups excluding carboxylic acids is 1. The third-order valence-corrected chi connectivity index (χ3v) is 4.38. The Balaban J connectivity index is 1.49. The second-order valence-corrected chi connectivity index (χ2v) is 6.31. The van der Waals surface area contributed by atoms with Crippen LogP contribution in [0.25, 0.3) is 0 Å². The van der Waals surface area contributed by atoms with Crippen LogP contribution in [0.2, 0.25) is 0 Å². The normalized spacial score (nSPS) is 17.0. The van der Waals surface area contributed by atoms with Crippen molar-refractivity contribution in [1.82, 2.24) is 4.90 Å². The lowest BCUT2D eigenvalue weighted by Gasteiger charge is -2.20. The number of nitrogens with zero attached hydrogens (tertiary/aromatic N) is 1. The van der Waals surface area contributed by atoms with Crippen molar-refractivity contribution in [2.45, 2.75) is 25.5 Å². The fourth-order valence-electron chi connectivity index (χ4n) is 3.06. The molecular weight excluding hydrogens is 332 g/mol. The average molecular weight is 354 g/mol. The van der Waals surface area contributed by atoms with E-state index < -0.39 is 12.0 Å². The summed E-state index contributed by atoms with van der Waals surface area (Å²) in [6.45, 7) is 1.21. The van der Waals surface area contributed by atoms with Gasteiger partial charge in [-0.3, -0.25) is 14.5 Å². The molecule has 1 fully saturated rings. The summed E-state index contributed by atoms with van der Waals surface area (Å²) in [4.78, 5) is 25.0. The minimum atomic E-state index is -0.866. The molecule has 6 nitrogen and oxygen atoms in total. The quantitative estimate of drug-likeness (QED) is 0.799. The largest absolute Gasteiger partial charge is 0.489 e. The number of carboxylic acid groups (broad SMARTS) is 1. The molecule has 0 aromatic heterocycles. The van der Waals surface area contributed by atoms with Gasteiger partial charge in [0.25, 0.3) is 0 Å². The number of hydrogen-bond donors (Lipinski definition) is 2. The van der Waals surface area contributed by atoms with Gasteiger partial charge in [0.1, 0.15) is 18.4 Å². The maximum absolute atomic E-state index is 12.2. The van der Waals surface area contributed by atoms with E-state index in [1.165, 1.54) is 0 Å². The van der Waals surface area contributed by atoms with Crippen molar-refractivity contribution < 1.29 is 19.4 Å². The maximum atomic E-state index is 12.2. The van der Waals surface area contributed by atoms with Gasteiger partial charge in [0.05, 0.1) is 6.54 Å². The van der Waals surface area contributed by atoms with Crippen LogP contribution in [0.1, 0.15) is 18.4 Å². The zero-order valence-electron chi connectivity index (χ0n) is 14.4. The number of nitrogens with one attached hydrogen (secondary N) is 1. The van der Waals surface area contributed by atoms with Gasteiger partial charge in [-0.1, -0.05) is 30.3 Å². The Morgan fingerprint density at radius 3 is 2.54 bits per heavy atom. The summed E-state index contributed by atoms with van der Waals surface area (Å²) in [5.74, 6) is -0.358. The maximum Gasteiger partial charge on any atom is 0.320 e. The van der Waals surface area contributed by atoms with Crippen LogP contribution < -0.4 is 10.1 Å². The Morgan fingerprint density at radius 1 is 1.12 bits per heavy atom. The van der Waals surface area contributed by atoms with E-state index in [0.29, 0.717) is 25.3 Å². The van der Waals surface area contributed by atoms with Crippen molar-refractivity contribution in [3.8, 4) is 5.75 Å². The van der Waals surface area contributed by atoms with Gasteiger partial charge in [0.15, 0.2) is 0 Å². The van der Waals surface area contributed by atoms with E-state index in [9.17, 15) is 9.59 Å². The highest BCUT2D eigenvalue weighted by atomic mass is 16.5. The zero-order valence-corrected chi connectivity index (χ0v) is 14.4. The van der Waals surface area contributed by atoms with Gasteiger partial charge in [0.2, 0.25) is 5.91 Å². The molecule has 3 rings (SSSR count). The summed E-state index contributed by atoms with van der Waals surface area (Å²) in [5, 5.41) is 12.0. The van der Waals surface area contributed by atoms with E-state index in [0.717, 1.165) is 17.7 Å². The van der Waals surface area contributed by atoms with Crippen LogP contribution in [0.5, 0.6) is 5.75 Å². The standard InChI is InChI=1S/C20H22N2O4/c23-19(13-22-12-4-7-18(22)20(24)25)21-16-8-10-17(11-9-16)26-14-15-5-2-1-3-6-15/h1-3,5-6,8-11,18H,4,7,12-14H2,(H,21,23)(H,24,25)/t18-/m1/s1. The van der Waals surface area contributed by atoms with E-state index in [-0.39, 0.29) is 12.5 Å². The predicted molar refractivity (Wildman–Crippen MR) is 98.1 cm³/mol. The molecule has 1 atom stereocenters. The van der Waals surface area contributed by atoms with Gasteiger partial charge >= 0.3 is 5.97 Å². The minimum absolute atomic E-state index is 0.0865. The summed E-state index contributed by atoms with van der Waals surface area (Å²) >= 11 is 0. The van der Waals surface area contributed by atoms with E-state index in [4.69, 9.17) is 9.84 Å². The fraction of sp³-hybridized carbons (Fsp3) is 0.300. The van der Waals surface area contributed by atoms with Gasteiger partial charge in [-0.2, -0.15) is 0 Å². The molecular formula is C20H22N2O4. The van der Waals surface area contributed by atoms with Gasteiger partial charge in [-0.15, -0.1) is 0 Å². The number of likely N-dealkylation sites (tertiary alicyclic amines) is 1. The van der Waals surface area contributed by atoms with Crippen molar-refractivity contribution in [1.29, 1.82) is 0 Å². The Kier molecular flexibility index (Phi) is 5.86. The summed E-state index contributed by atoms with van der Waals surface area (Å²) in [7, 11) is 0. The highest BCUT2D eigenvalue weighted by molar-refractivity contribution is 5.92. The van der Waals surface area contributed by atoms with Crippen LogP contribution >= 0.6 is 0 Å². The lowest BCUT2D eigenvalue weighted by atomic mass is 10.2. The molecule has 0 spiro atoms. The fourth-order valence-corrected chi connectivity index (χ4v) is 3.06. The molecule has 1 heterocycles. The van der Waals surface area contributed by atoms with Crippen LogP contribution in [-0.2, 0) is 16.2 Å². The van der Waals surface area contributed by atoms with Crippen molar-refractivity contribution in [2.24, 2.45) is 0 Å². The number of carbonyl (C=O) groups is 2. The van der Waals surface area contributed by atoms with Crippen LogP contribution in [0.4, 0.5) is 5.69 Å². The lowest BCUT2D eigenvalue weighted by Crippen LogP contribution is -2.40. The molecule has 26 heavy (non-hydrogen) atoms. The van der Waals surface area contributed by atoms with Gasteiger partial charge in [0, 0.05) is 5.69 Å². The molecule has 1 saturated heterocycles. The number of amides is 1. The molecule has 6 heteroatoms. The molecule has 0 bridgehead atoms. The highest BCUT2D eigenvalue weighted by Gasteiger charge is 2.31. The monoisotopic (exact) mass is 354 g/mol. The van der Waals surface area contributed by atoms with Crippen LogP contribution in [0.15, 0.2) is 54.6 Å². The summed E-state index contributed by atoms with van der Waals surface area (Å²) < 4.78 is 5.71. The Bertz CT molecular complexity index is 746. The molecule has 1 amide bonds. The second kappa shape index (κ2) is 8.49. The first-order valence-electron chi connectivity index (χ1n) is 8.65. The molecule has 1 aliphatic heterocycles. The van der Waals surface area contributed by atoms with Crippen LogP contribution in [0, 0.1) is 0 Å². The molecule has 0 radical (unpaired) electrons. The van der Waals surface area contributed by atoms with Gasteiger partial charge < -0.3 is 15.2 Å². The van der Waals surface area contributed by atoms with Gasteiger partial charge in [-0.05, 0) is 49.2 Å². The molecule has 0 saturated carbocycles. The van der Waals surface area contributed by atoms with E-state index in [1.807, 2.05) is 30.3 Å². The van der Waals surface area contributed by atoms with E-state index in [2.05, 4.69) is 5.32 Å². The SMILES string of the molecule is O=C(CN1CCC[C@@H]1C(=O)O)Nc1ccc(OCc2ccccc2)cc1. The number of ether oxygens (including phenoxy) is 1. The number of carboxylic acids is 1. The molecule has 136 valence electrons. The van der Waals surface area contributed by atoms with Crippen molar-refractivity contribution in [3.05, 3.63) is 60.2 Å². The Hall–Kier alpha value is -2.86. The molecule has 0 aliphatic carbocycles. The lowest BCUT2D eigenvalue weighted by molar-refractivity contribution is -0.142. The summed E-state index contributed by atoms with van der Waals surface area (Å²) in [6, 6.07) is 16.5. The molecule has 2 aromatic carbocycles. The first kappa shape index (κ1) is 17.9. The topological polar surface area (TPSA) is 78.9 Å². The van der Waals surface area contributed by atoms with Crippen molar-refractivity contribution in [3.63, 3.8) is 0 Å². The number of anilines is 1. The smallest absolute Gasteiger partial charge is 0.320 e. The van der Waals surface area contributed by atoms with Crippen LogP contribution in [0.3, 0.4) is 0 Å². The minimum Gasteiger partial charge on any atom is -0.489 e. The summed E-state index contributed by atoms with van der Waals surface area (Å²) in [6.07, 6.45) is 1.40. The van der Waals surface area contributed by atoms with Crippen molar-refractivity contribution >= 4 is 17.6 Å².